The van der Waals surface area contributed by atoms with E-state index < -0.39 is 39.5 Å². The first-order valence-corrected chi connectivity index (χ1v) is 30.9. The van der Waals surface area contributed by atoms with Gasteiger partial charge in [-0.05, 0) is 228 Å². The molecule has 3 atom stereocenters. The lowest BCUT2D eigenvalue weighted by Crippen LogP contribution is -2.51. The van der Waals surface area contributed by atoms with Gasteiger partial charge in [0.15, 0.2) is 28.1 Å². The highest BCUT2D eigenvalue weighted by molar-refractivity contribution is 14.1. The highest BCUT2D eigenvalue weighted by Crippen LogP contribution is 2.82. The minimum atomic E-state index is -2.29. The fourth-order valence-corrected chi connectivity index (χ4v) is 23.7. The summed E-state index contributed by atoms with van der Waals surface area (Å²) in [5.41, 5.74) is -3.94. The average molecular weight is 1210 g/mol. The van der Waals surface area contributed by atoms with Gasteiger partial charge >= 0.3 is 5.63 Å². The van der Waals surface area contributed by atoms with Crippen LogP contribution >= 0.6 is 22.6 Å². The Labute approximate surface area is 485 Å². The molecule has 392 valence electrons. The van der Waals surface area contributed by atoms with Crippen LogP contribution < -0.4 is 16.4 Å². The van der Waals surface area contributed by atoms with Crippen LogP contribution in [0.15, 0.2) is 42.7 Å². The molecule has 30 rings (SSSR count). The van der Waals surface area contributed by atoms with E-state index in [1.807, 2.05) is 65.8 Å². The van der Waals surface area contributed by atoms with Gasteiger partial charge in [0.25, 0.3) is 5.91 Å². The molecule has 12 heteroatoms. The molecule has 0 bridgehead atoms. The van der Waals surface area contributed by atoms with Gasteiger partial charge in [-0.2, -0.15) is 0 Å². The van der Waals surface area contributed by atoms with Crippen LogP contribution in [0.4, 0.5) is 5.69 Å². The zero-order valence-electron chi connectivity index (χ0n) is 45.3. The van der Waals surface area contributed by atoms with Gasteiger partial charge in [-0.25, -0.2) is 24.3 Å². The number of hydrogen-bond donors (Lipinski definition) is 2. The molecule has 0 unspecified atom stereocenters. The number of amides is 1. The standard InChI is InChI=1S/C74H24INO10/c1-70(2,3)83-85-73-59-50-39-30-23-16-13-15-14-17(16)24-29-27-19(14)25-32-20(15)22-21-18(13)26-28(23)38(39)48-46-36(26)33(21)43-44-35(22)42(32)52-45-34(25)37(27)47-49-40(29)41(31(24)30)51(50)60(73)61(49)74(86-84-71(4,5)6)57(47)54(45)69(79)82-65(52)55(44)64(77)53(43)56(46)72(80,58(48)59)62-63(73)67(74)81-66(62)68(78)76-12-9-7-11(75)8-10-12/h7-10,80H,1-6H3,(H,76,78)/t72-,73-,74+/m0/s1. The fourth-order valence-electron chi connectivity index (χ4n) is 23.3. The van der Waals surface area contributed by atoms with Crippen molar-refractivity contribution in [1.29, 1.82) is 0 Å². The molecule has 0 saturated heterocycles. The Hall–Kier alpha value is -8.86. The number of fused-ring (bicyclic) bond motifs is 7. The van der Waals surface area contributed by atoms with Gasteiger partial charge in [0.1, 0.15) is 5.60 Å². The fraction of sp³-hybridized carbons (Fsp3) is 0.149. The quantitative estimate of drug-likeness (QED) is 0.0412. The first-order chi connectivity index (χ1) is 41.6. The topological polar surface area (TPSA) is 147 Å². The molecule has 5 aliphatic carbocycles. The molecule has 0 spiro atoms. The van der Waals surface area contributed by atoms with E-state index >= 15 is 19.5 Å². The van der Waals surface area contributed by atoms with Gasteiger partial charge in [0.05, 0.1) is 27.5 Å². The van der Waals surface area contributed by atoms with Gasteiger partial charge in [0.2, 0.25) is 5.60 Å². The lowest BCUT2D eigenvalue weighted by molar-refractivity contribution is -0.402. The summed E-state index contributed by atoms with van der Waals surface area (Å²) >= 11 is 2.26. The number of benzene rings is 16. The normalized spacial score (nSPS) is 21.7. The van der Waals surface area contributed by atoms with E-state index in [1.165, 1.54) is 102 Å². The van der Waals surface area contributed by atoms with Gasteiger partial charge < -0.3 is 19.3 Å². The molecule has 2 N–H and O–H groups in total. The number of rotatable bonds is 6. The molecular weight excluding hydrogens is 1190 g/mol. The Morgan fingerprint density at radius 3 is 1.24 bits per heavy atom. The molecule has 0 fully saturated rings. The van der Waals surface area contributed by atoms with E-state index in [0.29, 0.717) is 49.7 Å². The second-order valence-electron chi connectivity index (χ2n) is 29.5. The zero-order valence-corrected chi connectivity index (χ0v) is 47.5. The smallest absolute Gasteiger partial charge is 0.344 e. The second-order valence-corrected chi connectivity index (χ2v) is 30.8. The second kappa shape index (κ2) is 9.83. The Morgan fingerprint density at radius 2 is 0.767 bits per heavy atom. The summed E-state index contributed by atoms with van der Waals surface area (Å²) in [6, 6.07) is 7.57. The van der Waals surface area contributed by atoms with Crippen molar-refractivity contribution in [3.05, 3.63) is 105 Å². The third-order valence-electron chi connectivity index (χ3n) is 24.5. The van der Waals surface area contributed by atoms with Crippen molar-refractivity contribution in [2.45, 2.75) is 69.5 Å². The highest BCUT2D eigenvalue weighted by Gasteiger charge is 2.74. The first kappa shape index (κ1) is 39.7. The Morgan fingerprint density at radius 1 is 0.407 bits per heavy atom. The summed E-state index contributed by atoms with van der Waals surface area (Å²) < 4.78 is 16.1. The average Bonchev–Trinajstić information content (AvgIpc) is 1.40. The van der Waals surface area contributed by atoms with Crippen molar-refractivity contribution >= 4 is 271 Å². The number of carbonyl (C=O) groups excluding carboxylic acids is 1. The Kier molecular flexibility index (Phi) is 4.54. The van der Waals surface area contributed by atoms with Gasteiger partial charge in [-0.15, -0.1) is 0 Å². The maximum Gasteiger partial charge on any atom is 0.344 e. The number of furan rings is 1. The molecule has 1 amide bonds. The lowest BCUT2D eigenvalue weighted by atomic mass is 9.60. The highest BCUT2D eigenvalue weighted by atomic mass is 127. The number of carbonyl (C=O) groups is 1. The van der Waals surface area contributed by atoms with Crippen molar-refractivity contribution in [3.8, 4) is 0 Å². The summed E-state index contributed by atoms with van der Waals surface area (Å²) in [6.07, 6.45) is 0. The van der Waals surface area contributed by atoms with Crippen LogP contribution in [0.3, 0.4) is 0 Å². The predicted octanol–water partition coefficient (Wildman–Crippen LogP) is 16.9. The largest absolute Gasteiger partial charge is 0.451 e. The van der Waals surface area contributed by atoms with Crippen LogP contribution in [0.2, 0.25) is 0 Å². The van der Waals surface area contributed by atoms with Crippen LogP contribution in [0.1, 0.15) is 102 Å². The van der Waals surface area contributed by atoms with Crippen molar-refractivity contribution in [2.24, 2.45) is 0 Å². The third-order valence-corrected chi connectivity index (χ3v) is 25.2. The van der Waals surface area contributed by atoms with Gasteiger partial charge in [-0.1, -0.05) is 0 Å². The molecule has 25 aromatic rings. The van der Waals surface area contributed by atoms with E-state index in [2.05, 4.69) is 27.9 Å². The molecule has 0 saturated carbocycles. The van der Waals surface area contributed by atoms with Gasteiger partial charge in [0, 0.05) is 129 Å². The van der Waals surface area contributed by atoms with Crippen molar-refractivity contribution in [2.75, 3.05) is 5.32 Å². The number of nitrogens with one attached hydrogen (secondary N) is 1. The summed E-state index contributed by atoms with van der Waals surface area (Å²) in [5.74, 6) is -0.688. The summed E-state index contributed by atoms with van der Waals surface area (Å²) in [4.78, 5) is 80.3. The van der Waals surface area contributed by atoms with Crippen LogP contribution in [0, 0.1) is 3.57 Å². The predicted molar refractivity (Wildman–Crippen MR) is 343 cm³/mol. The molecule has 2 aromatic heterocycles. The van der Waals surface area contributed by atoms with Crippen LogP contribution in [0.5, 0.6) is 0 Å². The van der Waals surface area contributed by atoms with Crippen LogP contribution in [-0.4, -0.2) is 22.2 Å². The molecule has 11 nitrogen and oxygen atoms in total. The zero-order chi connectivity index (χ0) is 55.3. The Bertz CT molecular complexity index is 7870. The number of aliphatic hydroxyl groups is 1. The van der Waals surface area contributed by atoms with E-state index in [0.717, 1.165) is 128 Å². The molecule has 5 aliphatic rings. The minimum Gasteiger partial charge on any atom is -0.451 e. The molecule has 0 aliphatic heterocycles. The van der Waals surface area contributed by atoms with Gasteiger partial charge in [-0.3, -0.25) is 9.59 Å². The first-order valence-electron chi connectivity index (χ1n) is 29.8. The molecule has 0 radical (unpaired) electrons. The van der Waals surface area contributed by atoms with Crippen molar-refractivity contribution < 1.29 is 38.3 Å². The van der Waals surface area contributed by atoms with E-state index in [9.17, 15) is 0 Å². The monoisotopic (exact) mass is 1210 g/mol. The van der Waals surface area contributed by atoms with Crippen LogP contribution in [-0.2, 0) is 36.4 Å². The summed E-state index contributed by atoms with van der Waals surface area (Å²) in [7, 11) is 0. The third kappa shape index (κ3) is 2.73. The SMILES string of the molecule is CC(C)(C)OO[C@@]12c3c4oc(C(=O)Nc5ccc(I)cc5)c3[C@@]3(O)c5c1c1c6c2c2c7c8c(c9c(=O)oc%10c%11c(=O)c%12c3c3c5c5c1c1c%13c6c7c6c7c8c8c9c%10c9c%10c%11c%12c%11c3c3c5c1c1c(c%136)c5c7c8c9c6c%10c%11c3c1c65)[C@]42OOC(C)(C)C. The number of hydrogen-bond acceptors (Lipinski definition) is 10. The molecule has 86 heavy (non-hydrogen) atoms. The molecule has 23 aromatic carbocycles. The minimum absolute atomic E-state index is 0.128. The van der Waals surface area contributed by atoms with Crippen LogP contribution in [0.25, 0.3) is 237 Å². The maximum atomic E-state index is 17.3. The molecule has 2 heterocycles. The summed E-state index contributed by atoms with van der Waals surface area (Å²) in [5, 5.41) is 63.9. The van der Waals surface area contributed by atoms with E-state index in [4.69, 9.17) is 28.4 Å². The molecular formula is C74H24INO10. The maximum absolute atomic E-state index is 17.3. The lowest BCUT2D eigenvalue weighted by Gasteiger charge is -2.48. The van der Waals surface area contributed by atoms with E-state index in [-0.39, 0.29) is 28.1 Å². The Balaban J connectivity index is 1.06. The summed E-state index contributed by atoms with van der Waals surface area (Å²) in [6.45, 7) is 11.7. The van der Waals surface area contributed by atoms with E-state index in [1.54, 1.807) is 0 Å². The number of anilines is 1. The van der Waals surface area contributed by atoms with Crippen molar-refractivity contribution in [3.63, 3.8) is 0 Å². The van der Waals surface area contributed by atoms with Crippen molar-refractivity contribution in [1.82, 2.24) is 0 Å². The number of halogens is 1.